The lowest BCUT2D eigenvalue weighted by Crippen LogP contribution is -2.29. The zero-order valence-corrected chi connectivity index (χ0v) is 18.3. The number of rotatable bonds is 7. The Labute approximate surface area is 180 Å². The van der Waals surface area contributed by atoms with Gasteiger partial charge in [0.15, 0.2) is 0 Å². The van der Waals surface area contributed by atoms with E-state index in [4.69, 9.17) is 4.74 Å². The maximum atomic E-state index is 9.82. The number of aliphatic hydroxyl groups is 1. The Morgan fingerprint density at radius 3 is 2.50 bits per heavy atom. The first-order valence-corrected chi connectivity index (χ1v) is 11.1. The summed E-state index contributed by atoms with van der Waals surface area (Å²) in [6.45, 7) is 6.09. The quantitative estimate of drug-likeness (QED) is 0.510. The van der Waals surface area contributed by atoms with Gasteiger partial charge >= 0.3 is 0 Å². The van der Waals surface area contributed by atoms with Crippen molar-refractivity contribution in [3.05, 3.63) is 77.9 Å². The van der Waals surface area contributed by atoms with Crippen LogP contribution in [-0.4, -0.2) is 23.4 Å². The van der Waals surface area contributed by atoms with E-state index in [1.54, 1.807) is 13.8 Å². The van der Waals surface area contributed by atoms with Gasteiger partial charge in [0, 0.05) is 12.1 Å². The molecule has 0 amide bonds. The van der Waals surface area contributed by atoms with Crippen LogP contribution in [0.2, 0.25) is 0 Å². The van der Waals surface area contributed by atoms with Gasteiger partial charge < -0.3 is 15.2 Å². The lowest BCUT2D eigenvalue weighted by molar-refractivity contribution is 0.0285. The van der Waals surface area contributed by atoms with Crippen LogP contribution in [0, 0.1) is 0 Å². The van der Waals surface area contributed by atoms with Crippen molar-refractivity contribution in [1.82, 2.24) is 5.32 Å². The number of hydrogen-bond donors (Lipinski definition) is 2. The molecule has 2 N–H and O–H groups in total. The van der Waals surface area contributed by atoms with Crippen molar-refractivity contribution in [2.24, 2.45) is 0 Å². The minimum absolute atomic E-state index is 0.299. The fraction of sp³-hybridized carbons (Fsp3) is 0.407. The van der Waals surface area contributed by atoms with E-state index >= 15 is 0 Å². The van der Waals surface area contributed by atoms with Crippen LogP contribution in [-0.2, 0) is 0 Å². The predicted octanol–water partition coefficient (Wildman–Crippen LogP) is 5.98. The molecule has 4 rings (SSSR count). The maximum Gasteiger partial charge on any atom is 0.119 e. The van der Waals surface area contributed by atoms with Crippen molar-refractivity contribution >= 4 is 10.8 Å². The smallest absolute Gasteiger partial charge is 0.119 e. The molecule has 158 valence electrons. The summed E-state index contributed by atoms with van der Waals surface area (Å²) in [6, 6.07) is 24.5. The van der Waals surface area contributed by atoms with Gasteiger partial charge in [-0.15, -0.1) is 0 Å². The first kappa shape index (κ1) is 20.9. The van der Waals surface area contributed by atoms with E-state index in [1.165, 1.54) is 41.2 Å². The van der Waals surface area contributed by atoms with Crippen LogP contribution in [0.1, 0.15) is 63.1 Å². The standard InChI is InChI=1S/C27H33NO2/c1-19(25-10-6-8-21-7-4-5-9-26(21)25)28-23-14-11-22(17-23)20-12-15-24(16-13-20)30-18-27(2,3)29/h4-10,12-13,15-16,19,22-23,28-29H,11,14,17-18H2,1-3H3. The first-order valence-electron chi connectivity index (χ1n) is 11.1. The molecule has 3 aromatic rings. The summed E-state index contributed by atoms with van der Waals surface area (Å²) in [4.78, 5) is 0. The molecular formula is C27H33NO2. The SMILES string of the molecule is CC(NC1CCC(c2ccc(OCC(C)(C)O)cc2)C1)c1cccc2ccccc12. The minimum Gasteiger partial charge on any atom is -0.491 e. The largest absolute Gasteiger partial charge is 0.491 e. The highest BCUT2D eigenvalue weighted by molar-refractivity contribution is 5.86. The summed E-state index contributed by atoms with van der Waals surface area (Å²) in [5, 5.41) is 16.3. The predicted molar refractivity (Wildman–Crippen MR) is 124 cm³/mol. The van der Waals surface area contributed by atoms with Gasteiger partial charge in [-0.05, 0) is 80.0 Å². The highest BCUT2D eigenvalue weighted by atomic mass is 16.5. The molecule has 1 saturated carbocycles. The third-order valence-corrected chi connectivity index (χ3v) is 6.15. The van der Waals surface area contributed by atoms with E-state index in [2.05, 4.69) is 66.8 Å². The second kappa shape index (κ2) is 8.79. The Bertz CT molecular complexity index is 969. The van der Waals surface area contributed by atoms with Crippen LogP contribution in [0.5, 0.6) is 5.75 Å². The summed E-state index contributed by atoms with van der Waals surface area (Å²) in [5.74, 6) is 1.41. The van der Waals surface area contributed by atoms with Crippen molar-refractivity contribution < 1.29 is 9.84 Å². The number of hydrogen-bond acceptors (Lipinski definition) is 3. The Balaban J connectivity index is 1.36. The van der Waals surface area contributed by atoms with E-state index in [-0.39, 0.29) is 0 Å². The topological polar surface area (TPSA) is 41.5 Å². The number of ether oxygens (including phenoxy) is 1. The molecule has 1 aliphatic carbocycles. The maximum absolute atomic E-state index is 9.82. The van der Waals surface area contributed by atoms with E-state index < -0.39 is 5.60 Å². The molecule has 3 aromatic carbocycles. The molecule has 30 heavy (non-hydrogen) atoms. The molecule has 3 heteroatoms. The number of fused-ring (bicyclic) bond motifs is 1. The van der Waals surface area contributed by atoms with Crippen LogP contribution in [0.3, 0.4) is 0 Å². The summed E-state index contributed by atoms with van der Waals surface area (Å²) >= 11 is 0. The monoisotopic (exact) mass is 403 g/mol. The Hall–Kier alpha value is -2.36. The van der Waals surface area contributed by atoms with Crippen LogP contribution in [0.15, 0.2) is 66.7 Å². The molecule has 1 aliphatic rings. The lowest BCUT2D eigenvalue weighted by Gasteiger charge is -2.22. The van der Waals surface area contributed by atoms with E-state index in [1.807, 2.05) is 12.1 Å². The molecule has 0 aliphatic heterocycles. The highest BCUT2D eigenvalue weighted by Crippen LogP contribution is 2.36. The summed E-state index contributed by atoms with van der Waals surface area (Å²) in [5.41, 5.74) is 1.95. The molecule has 0 spiro atoms. The first-order chi connectivity index (χ1) is 14.4. The van der Waals surface area contributed by atoms with Gasteiger partial charge in [0.05, 0.1) is 5.60 Å². The fourth-order valence-corrected chi connectivity index (χ4v) is 4.60. The molecule has 3 nitrogen and oxygen atoms in total. The van der Waals surface area contributed by atoms with Gasteiger partial charge in [-0.2, -0.15) is 0 Å². The Kier molecular flexibility index (Phi) is 6.12. The third kappa shape index (κ3) is 5.03. The van der Waals surface area contributed by atoms with Crippen molar-refractivity contribution in [1.29, 1.82) is 0 Å². The second-order valence-corrected chi connectivity index (χ2v) is 9.33. The molecule has 0 radical (unpaired) electrons. The minimum atomic E-state index is -0.816. The molecule has 0 saturated heterocycles. The average Bonchev–Trinajstić information content (AvgIpc) is 3.20. The lowest BCUT2D eigenvalue weighted by atomic mass is 9.96. The highest BCUT2D eigenvalue weighted by Gasteiger charge is 2.27. The average molecular weight is 404 g/mol. The Morgan fingerprint density at radius 2 is 1.73 bits per heavy atom. The van der Waals surface area contributed by atoms with Crippen molar-refractivity contribution in [2.75, 3.05) is 6.61 Å². The van der Waals surface area contributed by atoms with Gasteiger partial charge in [-0.1, -0.05) is 54.6 Å². The molecule has 1 fully saturated rings. The van der Waals surface area contributed by atoms with Crippen molar-refractivity contribution in [2.45, 2.75) is 63.6 Å². The van der Waals surface area contributed by atoms with E-state index in [0.29, 0.717) is 24.6 Å². The number of nitrogens with one attached hydrogen (secondary N) is 1. The van der Waals surface area contributed by atoms with Crippen molar-refractivity contribution in [3.63, 3.8) is 0 Å². The molecule has 3 atom stereocenters. The molecule has 0 heterocycles. The van der Waals surface area contributed by atoms with Crippen LogP contribution in [0.4, 0.5) is 0 Å². The molecular weight excluding hydrogens is 370 g/mol. The summed E-state index contributed by atoms with van der Waals surface area (Å²) in [6.07, 6.45) is 3.58. The van der Waals surface area contributed by atoms with E-state index in [9.17, 15) is 5.11 Å². The molecule has 3 unspecified atom stereocenters. The van der Waals surface area contributed by atoms with Gasteiger partial charge in [-0.3, -0.25) is 0 Å². The third-order valence-electron chi connectivity index (χ3n) is 6.15. The number of benzene rings is 3. The molecule has 0 aromatic heterocycles. The normalized spacial score (nSPS) is 20.4. The van der Waals surface area contributed by atoms with Gasteiger partial charge in [0.25, 0.3) is 0 Å². The van der Waals surface area contributed by atoms with Crippen LogP contribution < -0.4 is 10.1 Å². The second-order valence-electron chi connectivity index (χ2n) is 9.33. The summed E-state index contributed by atoms with van der Waals surface area (Å²) in [7, 11) is 0. The Morgan fingerprint density at radius 1 is 1.00 bits per heavy atom. The zero-order chi connectivity index (χ0) is 21.1. The van der Waals surface area contributed by atoms with Crippen molar-refractivity contribution in [3.8, 4) is 5.75 Å². The van der Waals surface area contributed by atoms with E-state index in [0.717, 1.165) is 5.75 Å². The van der Waals surface area contributed by atoms with Gasteiger partial charge in [0.1, 0.15) is 12.4 Å². The molecule has 0 bridgehead atoms. The fourth-order valence-electron chi connectivity index (χ4n) is 4.60. The van der Waals surface area contributed by atoms with Gasteiger partial charge in [-0.25, -0.2) is 0 Å². The van der Waals surface area contributed by atoms with Crippen LogP contribution in [0.25, 0.3) is 10.8 Å². The van der Waals surface area contributed by atoms with Crippen LogP contribution >= 0.6 is 0 Å². The summed E-state index contributed by atoms with van der Waals surface area (Å²) < 4.78 is 5.68. The zero-order valence-electron chi connectivity index (χ0n) is 18.3. The van der Waals surface area contributed by atoms with Gasteiger partial charge in [0.2, 0.25) is 0 Å².